The van der Waals surface area contributed by atoms with E-state index < -0.39 is 0 Å². The van der Waals surface area contributed by atoms with Crippen LogP contribution in [0.15, 0.2) is 0 Å². The van der Waals surface area contributed by atoms with Gasteiger partial charge in [-0.15, -0.1) is 0 Å². The van der Waals surface area contributed by atoms with Crippen LogP contribution in [0.25, 0.3) is 0 Å². The summed E-state index contributed by atoms with van der Waals surface area (Å²) >= 11 is 0. The third kappa shape index (κ3) is 6.25. The van der Waals surface area contributed by atoms with E-state index in [-0.39, 0.29) is 6.61 Å². The number of hydrogen-bond acceptors (Lipinski definition) is 3. The highest BCUT2D eigenvalue weighted by Crippen LogP contribution is 1.88. The monoisotopic (exact) mass is 160 g/mol. The minimum atomic E-state index is -0.00829. The molecule has 67 valence electrons. The van der Waals surface area contributed by atoms with E-state index in [0.29, 0.717) is 19.5 Å². The van der Waals surface area contributed by atoms with Gasteiger partial charge in [0.15, 0.2) is 0 Å². The van der Waals surface area contributed by atoms with Crippen LogP contribution >= 0.6 is 0 Å². The molecule has 0 heterocycles. The van der Waals surface area contributed by atoms with Crippen molar-refractivity contribution in [3.63, 3.8) is 0 Å². The van der Waals surface area contributed by atoms with E-state index in [4.69, 9.17) is 11.5 Å². The van der Waals surface area contributed by atoms with Gasteiger partial charge >= 0.3 is 0 Å². The Morgan fingerprint density at radius 1 is 1.00 bits per heavy atom. The van der Waals surface area contributed by atoms with E-state index in [2.05, 4.69) is 4.90 Å². The van der Waals surface area contributed by atoms with Gasteiger partial charge in [-0.25, -0.2) is 5.11 Å². The Hall–Kier alpha value is -0.160. The third-order valence-electron chi connectivity index (χ3n) is 1.51. The number of rotatable bonds is 7. The van der Waals surface area contributed by atoms with Crippen molar-refractivity contribution in [1.29, 1.82) is 0 Å². The molecule has 4 N–H and O–H groups in total. The molecule has 0 aliphatic carbocycles. The van der Waals surface area contributed by atoms with Gasteiger partial charge in [-0.3, -0.25) is 0 Å². The van der Waals surface area contributed by atoms with Gasteiger partial charge in [-0.2, -0.15) is 0 Å². The van der Waals surface area contributed by atoms with E-state index in [0.717, 1.165) is 19.6 Å². The second-order valence-corrected chi connectivity index (χ2v) is 2.48. The zero-order valence-corrected chi connectivity index (χ0v) is 6.96. The molecule has 0 saturated heterocycles. The minimum Gasteiger partial charge on any atom is -0.329 e. The second-order valence-electron chi connectivity index (χ2n) is 2.48. The van der Waals surface area contributed by atoms with Crippen molar-refractivity contribution >= 4 is 0 Å². The van der Waals surface area contributed by atoms with Crippen LogP contribution in [0.4, 0.5) is 0 Å². The molecule has 0 rings (SSSR count). The predicted molar refractivity (Wildman–Crippen MR) is 44.7 cm³/mol. The average Bonchev–Trinajstić information content (AvgIpc) is 2.01. The molecule has 0 aromatic carbocycles. The lowest BCUT2D eigenvalue weighted by Crippen LogP contribution is -2.34. The Labute approximate surface area is 68.2 Å². The lowest BCUT2D eigenvalue weighted by molar-refractivity contribution is 0.167. The minimum absolute atomic E-state index is 0.00829. The van der Waals surface area contributed by atoms with Crippen molar-refractivity contribution in [1.82, 2.24) is 4.90 Å². The summed E-state index contributed by atoms with van der Waals surface area (Å²) in [5, 5.41) is 10.2. The Morgan fingerprint density at radius 2 is 1.55 bits per heavy atom. The van der Waals surface area contributed by atoms with E-state index in [9.17, 15) is 5.11 Å². The van der Waals surface area contributed by atoms with Crippen LogP contribution in [-0.2, 0) is 5.11 Å². The number of nitrogens with two attached hydrogens (primary N) is 2. The second kappa shape index (κ2) is 7.94. The molecule has 0 fully saturated rings. The van der Waals surface area contributed by atoms with Crippen LogP contribution in [0, 0.1) is 0 Å². The largest absolute Gasteiger partial charge is 0.329 e. The molecule has 0 atom stereocenters. The molecule has 0 saturated carbocycles. The van der Waals surface area contributed by atoms with Crippen molar-refractivity contribution < 1.29 is 5.11 Å². The Bertz CT molecular complexity index is 74.1. The molecule has 0 amide bonds. The molecule has 0 aromatic rings. The lowest BCUT2D eigenvalue weighted by Gasteiger charge is -2.19. The Kier molecular flexibility index (Phi) is 7.83. The van der Waals surface area contributed by atoms with Gasteiger partial charge in [-0.05, 0) is 6.42 Å². The van der Waals surface area contributed by atoms with Crippen molar-refractivity contribution in [3.05, 3.63) is 0 Å². The molecule has 0 bridgehead atoms. The molecule has 0 unspecified atom stereocenters. The maximum Gasteiger partial charge on any atom is 0.0834 e. The molecule has 0 aliphatic heterocycles. The summed E-state index contributed by atoms with van der Waals surface area (Å²) in [6.07, 6.45) is 0.694. The Morgan fingerprint density at radius 3 is 1.91 bits per heavy atom. The fourth-order valence-corrected chi connectivity index (χ4v) is 0.989. The van der Waals surface area contributed by atoms with Crippen LogP contribution < -0.4 is 11.5 Å². The van der Waals surface area contributed by atoms with E-state index >= 15 is 0 Å². The van der Waals surface area contributed by atoms with Crippen LogP contribution in [0.5, 0.6) is 0 Å². The van der Waals surface area contributed by atoms with Crippen molar-refractivity contribution in [2.75, 3.05) is 39.3 Å². The zero-order valence-electron chi connectivity index (χ0n) is 6.96. The van der Waals surface area contributed by atoms with Gasteiger partial charge in [0.25, 0.3) is 0 Å². The van der Waals surface area contributed by atoms with Gasteiger partial charge < -0.3 is 16.4 Å². The average molecular weight is 160 g/mol. The van der Waals surface area contributed by atoms with Gasteiger partial charge in [-0.1, -0.05) is 0 Å². The fraction of sp³-hybridized carbons (Fsp3) is 1.00. The first-order valence-corrected chi connectivity index (χ1v) is 4.05. The molecule has 0 aliphatic rings. The molecule has 4 nitrogen and oxygen atoms in total. The highest BCUT2D eigenvalue weighted by molar-refractivity contribution is 4.57. The number of nitrogens with zero attached hydrogens (tertiary/aromatic N) is 1. The molecule has 4 heteroatoms. The zero-order chi connectivity index (χ0) is 8.53. The maximum absolute atomic E-state index is 10.2. The molecule has 0 spiro atoms. The van der Waals surface area contributed by atoms with Gasteiger partial charge in [0.05, 0.1) is 6.61 Å². The van der Waals surface area contributed by atoms with Crippen molar-refractivity contribution in [3.8, 4) is 0 Å². The Balaban J connectivity index is 3.34. The first-order valence-electron chi connectivity index (χ1n) is 4.05. The predicted octanol–water partition coefficient (Wildman–Crippen LogP) is -0.974. The number of hydrogen-bond donors (Lipinski definition) is 2. The van der Waals surface area contributed by atoms with E-state index in [1.807, 2.05) is 0 Å². The van der Waals surface area contributed by atoms with Gasteiger partial charge in [0, 0.05) is 32.7 Å². The molecular weight excluding hydrogens is 142 g/mol. The van der Waals surface area contributed by atoms with Gasteiger partial charge in [0.1, 0.15) is 0 Å². The van der Waals surface area contributed by atoms with E-state index in [1.54, 1.807) is 0 Å². The summed E-state index contributed by atoms with van der Waals surface area (Å²) in [5.41, 5.74) is 10.7. The summed E-state index contributed by atoms with van der Waals surface area (Å²) in [4.78, 5) is 2.12. The normalized spacial score (nSPS) is 10.9. The topological polar surface area (TPSA) is 75.2 Å². The third-order valence-corrected chi connectivity index (χ3v) is 1.51. The van der Waals surface area contributed by atoms with E-state index in [1.165, 1.54) is 0 Å². The quantitative estimate of drug-likeness (QED) is 0.503. The summed E-state index contributed by atoms with van der Waals surface area (Å²) in [6, 6.07) is 0. The summed E-state index contributed by atoms with van der Waals surface area (Å²) in [7, 11) is 0. The van der Waals surface area contributed by atoms with Crippen LogP contribution in [0.1, 0.15) is 6.42 Å². The maximum atomic E-state index is 10.2. The smallest absolute Gasteiger partial charge is 0.0834 e. The highest BCUT2D eigenvalue weighted by atomic mass is 16.3. The summed E-state index contributed by atoms with van der Waals surface area (Å²) in [5.74, 6) is 0. The first-order chi connectivity index (χ1) is 5.35. The van der Waals surface area contributed by atoms with Gasteiger partial charge in [0.2, 0.25) is 0 Å². The standard InChI is InChI=1S/C7H18N3O/c8-2-5-10(6-3-9)4-1-7-11/h1-9H2. The molecule has 0 aromatic heterocycles. The van der Waals surface area contributed by atoms with Crippen LogP contribution in [0.2, 0.25) is 0 Å². The first kappa shape index (κ1) is 10.8. The molecular formula is C7H18N3O. The SMILES string of the molecule is NCCN(CCN)CCC[O]. The lowest BCUT2D eigenvalue weighted by atomic mass is 10.3. The highest BCUT2D eigenvalue weighted by Gasteiger charge is 2.00. The van der Waals surface area contributed by atoms with Crippen LogP contribution in [0.3, 0.4) is 0 Å². The van der Waals surface area contributed by atoms with Crippen molar-refractivity contribution in [2.24, 2.45) is 11.5 Å². The molecule has 1 radical (unpaired) electrons. The summed E-state index contributed by atoms with van der Waals surface area (Å²) < 4.78 is 0. The van der Waals surface area contributed by atoms with Crippen molar-refractivity contribution in [2.45, 2.75) is 6.42 Å². The fourth-order valence-electron chi connectivity index (χ4n) is 0.989. The molecule has 11 heavy (non-hydrogen) atoms. The summed E-state index contributed by atoms with van der Waals surface area (Å²) in [6.45, 7) is 3.79. The van der Waals surface area contributed by atoms with Crippen LogP contribution in [-0.4, -0.2) is 44.2 Å².